The van der Waals surface area contributed by atoms with Gasteiger partial charge in [-0.3, -0.25) is 9.78 Å². The first-order valence-corrected chi connectivity index (χ1v) is 8.02. The maximum Gasteiger partial charge on any atom is 0.338 e. The number of carbonyl (C=O) groups is 2. The summed E-state index contributed by atoms with van der Waals surface area (Å²) in [5.41, 5.74) is 1.22. The number of amides is 1. The van der Waals surface area contributed by atoms with Crippen LogP contribution in [-0.2, 0) is 4.74 Å². The molecule has 0 saturated carbocycles. The number of aromatic nitrogens is 2. The zero-order chi connectivity index (χ0) is 18.7. The number of rotatable bonds is 5. The molecule has 6 nitrogen and oxygen atoms in total. The summed E-state index contributed by atoms with van der Waals surface area (Å²) in [5, 5.41) is 2.80. The molecular formula is C19H18FN3O3. The number of pyridine rings is 1. The van der Waals surface area contributed by atoms with Gasteiger partial charge < -0.3 is 15.0 Å². The predicted molar refractivity (Wildman–Crippen MR) is 94.3 cm³/mol. The second kappa shape index (κ2) is 6.95. The Morgan fingerprint density at radius 1 is 1.23 bits per heavy atom. The Bertz CT molecular complexity index is 965. The minimum Gasteiger partial charge on any atom is -0.460 e. The summed E-state index contributed by atoms with van der Waals surface area (Å²) in [7, 11) is 0. The molecule has 0 fully saturated rings. The maximum absolute atomic E-state index is 13.2. The fourth-order valence-corrected chi connectivity index (χ4v) is 2.42. The van der Waals surface area contributed by atoms with Gasteiger partial charge in [-0.25, -0.2) is 9.18 Å². The first-order valence-electron chi connectivity index (χ1n) is 8.02. The predicted octanol–water partition coefficient (Wildman–Crippen LogP) is 3.07. The van der Waals surface area contributed by atoms with Crippen LogP contribution in [0.5, 0.6) is 0 Å². The number of benzene rings is 1. The topological polar surface area (TPSA) is 84.1 Å². The van der Waals surface area contributed by atoms with E-state index in [4.69, 9.17) is 4.74 Å². The molecule has 0 saturated heterocycles. The van der Waals surface area contributed by atoms with Crippen molar-refractivity contribution in [3.05, 3.63) is 65.7 Å². The Morgan fingerprint density at radius 3 is 2.81 bits per heavy atom. The lowest BCUT2D eigenvalue weighted by atomic mass is 10.1. The van der Waals surface area contributed by atoms with Crippen molar-refractivity contribution in [3.8, 4) is 0 Å². The van der Waals surface area contributed by atoms with Crippen LogP contribution in [0, 0.1) is 5.82 Å². The van der Waals surface area contributed by atoms with E-state index in [9.17, 15) is 14.0 Å². The number of nitrogens with zero attached hydrogens (tertiary/aromatic N) is 1. The summed E-state index contributed by atoms with van der Waals surface area (Å²) >= 11 is 0. The first-order chi connectivity index (χ1) is 12.3. The molecule has 0 bridgehead atoms. The van der Waals surface area contributed by atoms with Crippen LogP contribution in [0.4, 0.5) is 4.39 Å². The van der Waals surface area contributed by atoms with Crippen molar-refractivity contribution in [2.75, 3.05) is 6.61 Å². The Kier molecular flexibility index (Phi) is 4.71. The van der Waals surface area contributed by atoms with E-state index in [1.807, 2.05) is 6.07 Å². The molecule has 134 valence electrons. The van der Waals surface area contributed by atoms with Gasteiger partial charge in [-0.1, -0.05) is 6.07 Å². The molecule has 7 heteroatoms. The van der Waals surface area contributed by atoms with Gasteiger partial charge in [0.05, 0.1) is 27.7 Å². The molecule has 0 aliphatic carbocycles. The molecule has 2 aromatic heterocycles. The average molecular weight is 355 g/mol. The molecule has 0 spiro atoms. The number of nitrogens with one attached hydrogen (secondary N) is 2. The summed E-state index contributed by atoms with van der Waals surface area (Å²) in [5.74, 6) is -1.50. The van der Waals surface area contributed by atoms with Gasteiger partial charge in [0, 0.05) is 12.4 Å². The summed E-state index contributed by atoms with van der Waals surface area (Å²) < 4.78 is 18.4. The van der Waals surface area contributed by atoms with Crippen LogP contribution in [0.3, 0.4) is 0 Å². The van der Waals surface area contributed by atoms with Crippen molar-refractivity contribution in [2.45, 2.75) is 19.4 Å². The zero-order valence-electron chi connectivity index (χ0n) is 14.4. The molecule has 1 amide bonds. The molecule has 0 radical (unpaired) electrons. The minimum absolute atomic E-state index is 0.0632. The van der Waals surface area contributed by atoms with Crippen LogP contribution in [0.2, 0.25) is 0 Å². The van der Waals surface area contributed by atoms with Gasteiger partial charge in [0.2, 0.25) is 0 Å². The number of ether oxygens (including phenoxy) is 1. The Balaban J connectivity index is 1.62. The molecule has 2 heterocycles. The third-order valence-corrected chi connectivity index (χ3v) is 3.74. The van der Waals surface area contributed by atoms with Crippen LogP contribution >= 0.6 is 0 Å². The van der Waals surface area contributed by atoms with Crippen LogP contribution in [0.15, 0.2) is 48.8 Å². The van der Waals surface area contributed by atoms with Crippen molar-refractivity contribution in [3.63, 3.8) is 0 Å². The fourth-order valence-electron chi connectivity index (χ4n) is 2.42. The summed E-state index contributed by atoms with van der Waals surface area (Å²) in [6.45, 7) is 3.39. The third kappa shape index (κ3) is 4.05. The van der Waals surface area contributed by atoms with E-state index in [2.05, 4.69) is 15.3 Å². The Hall–Kier alpha value is -3.22. The van der Waals surface area contributed by atoms with Gasteiger partial charge in [0.15, 0.2) is 0 Å². The Labute approximate surface area is 149 Å². The highest BCUT2D eigenvalue weighted by molar-refractivity contribution is 5.97. The molecular weight excluding hydrogens is 337 g/mol. The smallest absolute Gasteiger partial charge is 0.338 e. The summed E-state index contributed by atoms with van der Waals surface area (Å²) in [6.07, 6.45) is 3.23. The number of esters is 1. The van der Waals surface area contributed by atoms with Crippen molar-refractivity contribution in [1.82, 2.24) is 15.3 Å². The third-order valence-electron chi connectivity index (χ3n) is 3.74. The number of fused-ring (bicyclic) bond motifs is 1. The number of halogens is 1. The van der Waals surface area contributed by atoms with E-state index >= 15 is 0 Å². The molecule has 1 aromatic carbocycles. The van der Waals surface area contributed by atoms with Crippen LogP contribution < -0.4 is 5.32 Å². The molecule has 0 atom stereocenters. The van der Waals surface area contributed by atoms with E-state index in [0.29, 0.717) is 5.56 Å². The number of hydrogen-bond donors (Lipinski definition) is 2. The van der Waals surface area contributed by atoms with E-state index in [1.54, 1.807) is 26.1 Å². The molecule has 0 aliphatic rings. The van der Waals surface area contributed by atoms with Crippen molar-refractivity contribution in [2.24, 2.45) is 0 Å². The highest BCUT2D eigenvalue weighted by Gasteiger charge is 2.24. The lowest BCUT2D eigenvalue weighted by molar-refractivity contribution is 0.0389. The molecule has 0 unspecified atom stereocenters. The van der Waals surface area contributed by atoms with Gasteiger partial charge in [-0.05, 0) is 44.2 Å². The van der Waals surface area contributed by atoms with Crippen LogP contribution in [-0.4, -0.2) is 34.0 Å². The molecule has 2 N–H and O–H groups in total. The highest BCUT2D eigenvalue weighted by Crippen LogP contribution is 2.13. The van der Waals surface area contributed by atoms with Crippen molar-refractivity contribution in [1.29, 1.82) is 0 Å². The molecule has 3 aromatic rings. The van der Waals surface area contributed by atoms with Gasteiger partial charge >= 0.3 is 5.97 Å². The second-order valence-corrected chi connectivity index (χ2v) is 6.56. The minimum atomic E-state index is -0.815. The lowest BCUT2D eigenvalue weighted by Gasteiger charge is -2.25. The first kappa shape index (κ1) is 17.6. The Morgan fingerprint density at radius 2 is 2.04 bits per heavy atom. The SMILES string of the molecule is CC(C)(COC(=O)c1cccc(F)c1)NC(=O)c1cnc2cc[nH]c2c1. The van der Waals surface area contributed by atoms with E-state index in [-0.39, 0.29) is 18.1 Å². The average Bonchev–Trinajstić information content (AvgIpc) is 3.07. The molecule has 3 rings (SSSR count). The van der Waals surface area contributed by atoms with Gasteiger partial charge in [0.1, 0.15) is 12.4 Å². The maximum atomic E-state index is 13.2. The highest BCUT2D eigenvalue weighted by atomic mass is 19.1. The van der Waals surface area contributed by atoms with Crippen LogP contribution in [0.1, 0.15) is 34.6 Å². The number of carbonyl (C=O) groups excluding carboxylic acids is 2. The van der Waals surface area contributed by atoms with Gasteiger partial charge in [0.25, 0.3) is 5.91 Å². The largest absolute Gasteiger partial charge is 0.460 e. The van der Waals surface area contributed by atoms with Gasteiger partial charge in [-0.15, -0.1) is 0 Å². The lowest BCUT2D eigenvalue weighted by Crippen LogP contribution is -2.47. The van der Waals surface area contributed by atoms with Gasteiger partial charge in [-0.2, -0.15) is 0 Å². The summed E-state index contributed by atoms with van der Waals surface area (Å²) in [4.78, 5) is 31.6. The van der Waals surface area contributed by atoms with E-state index in [1.165, 1.54) is 24.4 Å². The molecule has 26 heavy (non-hydrogen) atoms. The van der Waals surface area contributed by atoms with E-state index in [0.717, 1.165) is 17.1 Å². The van der Waals surface area contributed by atoms with Crippen molar-refractivity contribution < 1.29 is 18.7 Å². The summed E-state index contributed by atoms with van der Waals surface area (Å²) in [6, 6.07) is 8.76. The quantitative estimate of drug-likeness (QED) is 0.689. The number of H-pyrrole nitrogens is 1. The van der Waals surface area contributed by atoms with Crippen molar-refractivity contribution >= 4 is 22.9 Å². The molecule has 0 aliphatic heterocycles. The number of aromatic amines is 1. The monoisotopic (exact) mass is 355 g/mol. The fraction of sp³-hybridized carbons (Fsp3) is 0.211. The zero-order valence-corrected chi connectivity index (χ0v) is 14.4. The normalized spacial score (nSPS) is 11.3. The van der Waals surface area contributed by atoms with Crippen LogP contribution in [0.25, 0.3) is 11.0 Å². The second-order valence-electron chi connectivity index (χ2n) is 6.56. The standard InChI is InChI=1S/C19H18FN3O3/c1-19(2,11-26-18(25)12-4-3-5-14(20)8-12)23-17(24)13-9-16-15(22-10-13)6-7-21-16/h3-10,21H,11H2,1-2H3,(H,23,24). The number of hydrogen-bond acceptors (Lipinski definition) is 4. The van der Waals surface area contributed by atoms with E-state index < -0.39 is 17.3 Å².